The second kappa shape index (κ2) is 2.57. The van der Waals surface area contributed by atoms with Crippen molar-refractivity contribution in [2.24, 2.45) is 5.73 Å². The highest BCUT2D eigenvalue weighted by molar-refractivity contribution is 5.91. The van der Waals surface area contributed by atoms with E-state index in [-0.39, 0.29) is 11.4 Å². The van der Waals surface area contributed by atoms with Crippen LogP contribution in [-0.4, -0.2) is 11.4 Å². The van der Waals surface area contributed by atoms with E-state index in [2.05, 4.69) is 12.2 Å². The third kappa shape index (κ3) is 1.97. The van der Waals surface area contributed by atoms with Gasteiger partial charge in [0.2, 0.25) is 0 Å². The fourth-order valence-corrected chi connectivity index (χ4v) is 0.914. The van der Waals surface area contributed by atoms with Crippen LogP contribution in [0.25, 0.3) is 0 Å². The van der Waals surface area contributed by atoms with E-state index in [0.29, 0.717) is 5.70 Å². The first-order valence-electron chi connectivity index (χ1n) is 3.82. The molecular formula is C8H14N2O. The maximum absolute atomic E-state index is 10.7. The first-order chi connectivity index (χ1) is 5.07. The zero-order valence-electron chi connectivity index (χ0n) is 6.98. The van der Waals surface area contributed by atoms with E-state index in [1.54, 1.807) is 13.0 Å². The van der Waals surface area contributed by atoms with E-state index in [9.17, 15) is 4.79 Å². The Balaban J connectivity index is 2.52. The lowest BCUT2D eigenvalue weighted by atomic mass is 10.3. The molecule has 3 heteroatoms. The van der Waals surface area contributed by atoms with Crippen LogP contribution in [0, 0.1) is 0 Å². The Bertz CT molecular complexity index is 204. The third-order valence-corrected chi connectivity index (χ3v) is 1.99. The van der Waals surface area contributed by atoms with Gasteiger partial charge in [-0.05, 0) is 26.7 Å². The van der Waals surface area contributed by atoms with E-state index in [0.717, 1.165) is 12.8 Å². The number of nitrogens with two attached hydrogens (primary N) is 1. The predicted octanol–water partition coefficient (Wildman–Crippen LogP) is 0.518. The summed E-state index contributed by atoms with van der Waals surface area (Å²) in [7, 11) is 0. The fraction of sp³-hybridized carbons (Fsp3) is 0.625. The average molecular weight is 154 g/mol. The van der Waals surface area contributed by atoms with Crippen molar-refractivity contribution in [2.75, 3.05) is 0 Å². The lowest BCUT2D eigenvalue weighted by Gasteiger charge is -2.13. The van der Waals surface area contributed by atoms with Gasteiger partial charge in [0.15, 0.2) is 0 Å². The largest absolute Gasteiger partial charge is 0.376 e. The zero-order valence-corrected chi connectivity index (χ0v) is 6.98. The Morgan fingerprint density at radius 1 is 1.64 bits per heavy atom. The molecule has 0 aliphatic heterocycles. The molecular weight excluding hydrogens is 140 g/mol. The maximum atomic E-state index is 10.7. The molecule has 0 spiro atoms. The molecule has 1 fully saturated rings. The minimum atomic E-state index is -0.374. The van der Waals surface area contributed by atoms with Gasteiger partial charge in [-0.25, -0.2) is 0 Å². The van der Waals surface area contributed by atoms with Crippen molar-refractivity contribution in [1.82, 2.24) is 5.32 Å². The van der Waals surface area contributed by atoms with Gasteiger partial charge >= 0.3 is 0 Å². The molecule has 0 unspecified atom stereocenters. The van der Waals surface area contributed by atoms with Crippen LogP contribution in [0.2, 0.25) is 0 Å². The first-order valence-corrected chi connectivity index (χ1v) is 3.82. The van der Waals surface area contributed by atoms with Crippen molar-refractivity contribution in [2.45, 2.75) is 32.2 Å². The lowest BCUT2D eigenvalue weighted by Crippen LogP contribution is -2.34. The standard InChI is InChI=1S/C8H14N2O/c1-3-6(7(9)11)10-8(2)4-5-8/h3,10H,4-5H2,1-2H3,(H2,9,11). The lowest BCUT2D eigenvalue weighted by molar-refractivity contribution is -0.115. The highest BCUT2D eigenvalue weighted by atomic mass is 16.1. The van der Waals surface area contributed by atoms with Gasteiger partial charge in [0.25, 0.3) is 5.91 Å². The van der Waals surface area contributed by atoms with Crippen molar-refractivity contribution in [1.29, 1.82) is 0 Å². The summed E-state index contributed by atoms with van der Waals surface area (Å²) in [4.78, 5) is 10.7. The molecule has 3 nitrogen and oxygen atoms in total. The normalized spacial score (nSPS) is 21.1. The van der Waals surface area contributed by atoms with Crippen molar-refractivity contribution in [3.8, 4) is 0 Å². The average Bonchev–Trinajstić information content (AvgIpc) is 2.64. The van der Waals surface area contributed by atoms with Crippen LogP contribution in [0.4, 0.5) is 0 Å². The summed E-state index contributed by atoms with van der Waals surface area (Å²) in [5.41, 5.74) is 5.78. The van der Waals surface area contributed by atoms with Crippen LogP contribution in [0.5, 0.6) is 0 Å². The van der Waals surface area contributed by atoms with Crippen molar-refractivity contribution in [3.63, 3.8) is 0 Å². The molecule has 1 saturated carbocycles. The third-order valence-electron chi connectivity index (χ3n) is 1.99. The minimum absolute atomic E-state index is 0.136. The molecule has 11 heavy (non-hydrogen) atoms. The highest BCUT2D eigenvalue weighted by Crippen LogP contribution is 2.35. The summed E-state index contributed by atoms with van der Waals surface area (Å²) in [6.45, 7) is 3.89. The maximum Gasteiger partial charge on any atom is 0.264 e. The minimum Gasteiger partial charge on any atom is -0.376 e. The zero-order chi connectivity index (χ0) is 8.48. The van der Waals surface area contributed by atoms with E-state index < -0.39 is 0 Å². The topological polar surface area (TPSA) is 55.1 Å². The number of amides is 1. The van der Waals surface area contributed by atoms with Gasteiger partial charge in [-0.1, -0.05) is 6.08 Å². The predicted molar refractivity (Wildman–Crippen MR) is 43.7 cm³/mol. The smallest absolute Gasteiger partial charge is 0.264 e. The highest BCUT2D eigenvalue weighted by Gasteiger charge is 2.38. The quantitative estimate of drug-likeness (QED) is 0.582. The summed E-state index contributed by atoms with van der Waals surface area (Å²) in [6, 6.07) is 0. The van der Waals surface area contributed by atoms with Crippen LogP contribution in [-0.2, 0) is 4.79 Å². The molecule has 0 heterocycles. The summed E-state index contributed by atoms with van der Waals surface area (Å²) in [5, 5.41) is 3.10. The molecule has 1 rings (SSSR count). The number of carbonyl (C=O) groups is 1. The Hall–Kier alpha value is -0.990. The van der Waals surface area contributed by atoms with Crippen molar-refractivity contribution >= 4 is 5.91 Å². The second-order valence-corrected chi connectivity index (χ2v) is 3.25. The van der Waals surface area contributed by atoms with Gasteiger partial charge in [0.05, 0.1) is 5.70 Å². The van der Waals surface area contributed by atoms with Gasteiger partial charge < -0.3 is 11.1 Å². The van der Waals surface area contributed by atoms with Crippen LogP contribution < -0.4 is 11.1 Å². The van der Waals surface area contributed by atoms with Gasteiger partial charge in [-0.2, -0.15) is 0 Å². The van der Waals surface area contributed by atoms with E-state index in [1.807, 2.05) is 0 Å². The summed E-state index contributed by atoms with van der Waals surface area (Å²) in [5.74, 6) is -0.374. The first kappa shape index (κ1) is 8.11. The SMILES string of the molecule is CC=C(NC1(C)CC1)C(N)=O. The molecule has 0 radical (unpaired) electrons. The summed E-state index contributed by atoms with van der Waals surface area (Å²) >= 11 is 0. The monoisotopic (exact) mass is 154 g/mol. The van der Waals surface area contributed by atoms with Crippen molar-refractivity contribution in [3.05, 3.63) is 11.8 Å². The number of carbonyl (C=O) groups excluding carboxylic acids is 1. The molecule has 0 bridgehead atoms. The van der Waals surface area contributed by atoms with Crippen molar-refractivity contribution < 1.29 is 4.79 Å². The number of allylic oxidation sites excluding steroid dienone is 1. The van der Waals surface area contributed by atoms with Crippen LogP contribution in [0.1, 0.15) is 26.7 Å². The van der Waals surface area contributed by atoms with Gasteiger partial charge in [0.1, 0.15) is 0 Å². The molecule has 1 aliphatic carbocycles. The van der Waals surface area contributed by atoms with Gasteiger partial charge in [-0.15, -0.1) is 0 Å². The molecule has 0 saturated heterocycles. The molecule has 1 amide bonds. The number of nitrogens with one attached hydrogen (secondary N) is 1. The molecule has 1 aliphatic rings. The molecule has 0 atom stereocenters. The molecule has 0 aromatic heterocycles. The molecule has 0 aromatic rings. The second-order valence-electron chi connectivity index (χ2n) is 3.25. The van der Waals surface area contributed by atoms with Crippen LogP contribution in [0.3, 0.4) is 0 Å². The number of hydrogen-bond donors (Lipinski definition) is 2. The van der Waals surface area contributed by atoms with E-state index >= 15 is 0 Å². The number of rotatable bonds is 3. The Kier molecular flexibility index (Phi) is 1.89. The Morgan fingerprint density at radius 2 is 2.18 bits per heavy atom. The fourth-order valence-electron chi connectivity index (χ4n) is 0.914. The molecule has 3 N–H and O–H groups in total. The Labute approximate surface area is 66.6 Å². The van der Waals surface area contributed by atoms with Gasteiger partial charge in [-0.3, -0.25) is 4.79 Å². The van der Waals surface area contributed by atoms with E-state index in [1.165, 1.54) is 0 Å². The Morgan fingerprint density at radius 3 is 2.45 bits per heavy atom. The molecule has 0 aromatic carbocycles. The van der Waals surface area contributed by atoms with E-state index in [4.69, 9.17) is 5.73 Å². The van der Waals surface area contributed by atoms with Crippen LogP contribution >= 0.6 is 0 Å². The molecule has 62 valence electrons. The van der Waals surface area contributed by atoms with Gasteiger partial charge in [0, 0.05) is 5.54 Å². The summed E-state index contributed by atoms with van der Waals surface area (Å²) in [6.07, 6.45) is 3.96. The number of hydrogen-bond acceptors (Lipinski definition) is 2. The summed E-state index contributed by atoms with van der Waals surface area (Å²) < 4.78 is 0. The number of primary amides is 1. The van der Waals surface area contributed by atoms with Crippen LogP contribution in [0.15, 0.2) is 11.8 Å².